The summed E-state index contributed by atoms with van der Waals surface area (Å²) in [5.41, 5.74) is 2.55. The van der Waals surface area contributed by atoms with Gasteiger partial charge in [-0.1, -0.05) is 6.07 Å². The lowest BCUT2D eigenvalue weighted by atomic mass is 9.99. The van der Waals surface area contributed by atoms with E-state index in [0.29, 0.717) is 10.6 Å². The van der Waals surface area contributed by atoms with Gasteiger partial charge in [-0.15, -0.1) is 11.3 Å². The number of hydrogen-bond acceptors (Lipinski definition) is 4. The second-order valence-electron chi connectivity index (χ2n) is 5.48. The van der Waals surface area contributed by atoms with Crippen molar-refractivity contribution >= 4 is 28.6 Å². The topological polar surface area (TPSA) is 72.2 Å². The van der Waals surface area contributed by atoms with Gasteiger partial charge in [0.25, 0.3) is 11.6 Å². The Morgan fingerprint density at radius 3 is 2.77 bits per heavy atom. The van der Waals surface area contributed by atoms with Gasteiger partial charge in [-0.25, -0.2) is 0 Å². The molecule has 114 valence electrons. The van der Waals surface area contributed by atoms with Crippen LogP contribution in [0.1, 0.15) is 38.5 Å². The Hall–Kier alpha value is -2.21. The molecule has 0 bridgehead atoms. The Kier molecular flexibility index (Phi) is 3.94. The van der Waals surface area contributed by atoms with Gasteiger partial charge in [-0.2, -0.15) is 0 Å². The minimum absolute atomic E-state index is 0.0219. The number of nitrogens with one attached hydrogen (secondary N) is 1. The molecular weight excluding hydrogens is 300 g/mol. The van der Waals surface area contributed by atoms with Crippen molar-refractivity contribution in [3.63, 3.8) is 0 Å². The lowest BCUT2D eigenvalue weighted by Crippen LogP contribution is -2.11. The van der Waals surface area contributed by atoms with E-state index in [1.54, 1.807) is 6.07 Å². The summed E-state index contributed by atoms with van der Waals surface area (Å²) in [6.45, 7) is 1.82. The van der Waals surface area contributed by atoms with Crippen LogP contribution in [0.3, 0.4) is 0 Å². The lowest BCUT2D eigenvalue weighted by molar-refractivity contribution is -0.384. The molecule has 0 aliphatic heterocycles. The molecule has 0 unspecified atom stereocenters. The van der Waals surface area contributed by atoms with Crippen LogP contribution in [0.2, 0.25) is 0 Å². The van der Waals surface area contributed by atoms with E-state index in [0.717, 1.165) is 18.4 Å². The number of aryl methyl sites for hydroxylation is 3. The number of anilines is 1. The van der Waals surface area contributed by atoms with E-state index >= 15 is 0 Å². The zero-order chi connectivity index (χ0) is 15.7. The van der Waals surface area contributed by atoms with E-state index in [2.05, 4.69) is 5.32 Å². The molecule has 5 nitrogen and oxygen atoms in total. The number of benzene rings is 1. The van der Waals surface area contributed by atoms with Gasteiger partial charge in [0.1, 0.15) is 0 Å². The van der Waals surface area contributed by atoms with Crippen LogP contribution in [-0.4, -0.2) is 10.8 Å². The van der Waals surface area contributed by atoms with Crippen LogP contribution in [0, 0.1) is 17.0 Å². The number of rotatable bonds is 3. The van der Waals surface area contributed by atoms with Crippen molar-refractivity contribution in [2.24, 2.45) is 0 Å². The van der Waals surface area contributed by atoms with Gasteiger partial charge in [-0.05, 0) is 49.8 Å². The molecule has 0 saturated carbocycles. The third kappa shape index (κ3) is 2.87. The molecule has 1 aliphatic rings. The van der Waals surface area contributed by atoms with Gasteiger partial charge in [-0.3, -0.25) is 14.9 Å². The third-order valence-corrected chi connectivity index (χ3v) is 5.14. The number of nitrogens with zero attached hydrogens (tertiary/aromatic N) is 1. The molecule has 6 heteroatoms. The van der Waals surface area contributed by atoms with E-state index in [-0.39, 0.29) is 11.6 Å². The highest BCUT2D eigenvalue weighted by Gasteiger charge is 2.18. The zero-order valence-electron chi connectivity index (χ0n) is 12.2. The first-order chi connectivity index (χ1) is 10.5. The lowest BCUT2D eigenvalue weighted by Gasteiger charge is -2.08. The zero-order valence-corrected chi connectivity index (χ0v) is 13.0. The molecule has 1 aromatic heterocycles. The Morgan fingerprint density at radius 1 is 1.27 bits per heavy atom. The SMILES string of the molecule is Cc1ccc([N+](=O)[O-])cc1NC(=O)c1cc2c(s1)CCCC2. The molecule has 3 rings (SSSR count). The minimum atomic E-state index is -0.459. The van der Waals surface area contributed by atoms with Crippen molar-refractivity contribution in [2.75, 3.05) is 5.32 Å². The van der Waals surface area contributed by atoms with E-state index in [4.69, 9.17) is 0 Å². The van der Waals surface area contributed by atoms with Gasteiger partial charge in [0, 0.05) is 17.0 Å². The van der Waals surface area contributed by atoms with Crippen LogP contribution in [-0.2, 0) is 12.8 Å². The summed E-state index contributed by atoms with van der Waals surface area (Å²) in [7, 11) is 0. The van der Waals surface area contributed by atoms with Crippen LogP contribution >= 0.6 is 11.3 Å². The summed E-state index contributed by atoms with van der Waals surface area (Å²) in [6, 6.07) is 6.45. The summed E-state index contributed by atoms with van der Waals surface area (Å²) in [6.07, 6.45) is 4.44. The molecule has 1 N–H and O–H groups in total. The van der Waals surface area contributed by atoms with Crippen LogP contribution in [0.5, 0.6) is 0 Å². The molecule has 1 aromatic carbocycles. The van der Waals surface area contributed by atoms with Crippen molar-refractivity contribution in [2.45, 2.75) is 32.6 Å². The van der Waals surface area contributed by atoms with E-state index in [9.17, 15) is 14.9 Å². The fraction of sp³-hybridized carbons (Fsp3) is 0.312. The molecule has 0 fully saturated rings. The fourth-order valence-electron chi connectivity index (χ4n) is 2.64. The summed E-state index contributed by atoms with van der Waals surface area (Å²) in [5.74, 6) is -0.192. The molecule has 0 atom stereocenters. The maximum Gasteiger partial charge on any atom is 0.271 e. The number of nitro benzene ring substituents is 1. The molecule has 0 spiro atoms. The summed E-state index contributed by atoms with van der Waals surface area (Å²) in [5, 5.41) is 13.6. The number of fused-ring (bicyclic) bond motifs is 1. The highest BCUT2D eigenvalue weighted by molar-refractivity contribution is 7.14. The molecule has 1 aliphatic carbocycles. The maximum atomic E-state index is 12.4. The van der Waals surface area contributed by atoms with Crippen LogP contribution in [0.25, 0.3) is 0 Å². The molecule has 0 radical (unpaired) electrons. The van der Waals surface area contributed by atoms with Gasteiger partial charge < -0.3 is 5.32 Å². The van der Waals surface area contributed by atoms with Gasteiger partial charge in [0.05, 0.1) is 15.5 Å². The summed E-state index contributed by atoms with van der Waals surface area (Å²) < 4.78 is 0. The van der Waals surface area contributed by atoms with Crippen LogP contribution in [0.15, 0.2) is 24.3 Å². The third-order valence-electron chi connectivity index (χ3n) is 3.90. The van der Waals surface area contributed by atoms with Crippen LogP contribution < -0.4 is 5.32 Å². The van der Waals surface area contributed by atoms with Crippen molar-refractivity contribution < 1.29 is 9.72 Å². The summed E-state index contributed by atoms with van der Waals surface area (Å²) >= 11 is 1.53. The van der Waals surface area contributed by atoms with Crippen molar-refractivity contribution in [1.29, 1.82) is 0 Å². The molecule has 22 heavy (non-hydrogen) atoms. The van der Waals surface area contributed by atoms with Gasteiger partial charge in [0.15, 0.2) is 0 Å². The quantitative estimate of drug-likeness (QED) is 0.684. The van der Waals surface area contributed by atoms with Gasteiger partial charge >= 0.3 is 0 Å². The van der Waals surface area contributed by atoms with Crippen molar-refractivity contribution in [1.82, 2.24) is 0 Å². The normalized spacial score (nSPS) is 13.5. The number of non-ortho nitro benzene ring substituents is 1. The van der Waals surface area contributed by atoms with Gasteiger partial charge in [0.2, 0.25) is 0 Å². The Morgan fingerprint density at radius 2 is 2.05 bits per heavy atom. The van der Waals surface area contributed by atoms with Crippen molar-refractivity contribution in [3.8, 4) is 0 Å². The molecule has 0 saturated heterocycles. The Bertz CT molecular complexity index is 728. The first-order valence-electron chi connectivity index (χ1n) is 7.22. The first kappa shape index (κ1) is 14.7. The fourth-order valence-corrected chi connectivity index (χ4v) is 3.79. The largest absolute Gasteiger partial charge is 0.321 e. The first-order valence-corrected chi connectivity index (χ1v) is 8.04. The standard InChI is InChI=1S/C16H16N2O3S/c1-10-6-7-12(18(20)21)9-13(10)17-16(19)15-8-11-4-2-3-5-14(11)22-15/h6-9H,2-5H2,1H3,(H,17,19). The number of carbonyl (C=O) groups is 1. The van der Waals surface area contributed by atoms with Crippen LogP contribution in [0.4, 0.5) is 11.4 Å². The monoisotopic (exact) mass is 316 g/mol. The molecule has 1 heterocycles. The minimum Gasteiger partial charge on any atom is -0.321 e. The second kappa shape index (κ2) is 5.88. The number of nitro groups is 1. The second-order valence-corrected chi connectivity index (χ2v) is 6.61. The van der Waals surface area contributed by atoms with E-state index in [1.807, 2.05) is 13.0 Å². The Balaban J connectivity index is 1.83. The van der Waals surface area contributed by atoms with Crippen molar-refractivity contribution in [3.05, 3.63) is 55.3 Å². The number of carbonyl (C=O) groups excluding carboxylic acids is 1. The number of amides is 1. The predicted octanol–water partition coefficient (Wildman–Crippen LogP) is 4.10. The highest BCUT2D eigenvalue weighted by Crippen LogP contribution is 2.30. The Labute approximate surface area is 132 Å². The highest BCUT2D eigenvalue weighted by atomic mass is 32.1. The average Bonchev–Trinajstić information content (AvgIpc) is 2.93. The molecular formula is C16H16N2O3S. The predicted molar refractivity (Wildman–Crippen MR) is 86.7 cm³/mol. The average molecular weight is 316 g/mol. The molecule has 2 aromatic rings. The smallest absolute Gasteiger partial charge is 0.271 e. The number of thiophene rings is 1. The molecule has 1 amide bonds. The van der Waals surface area contributed by atoms with E-state index in [1.165, 1.54) is 46.8 Å². The number of hydrogen-bond donors (Lipinski definition) is 1. The summed E-state index contributed by atoms with van der Waals surface area (Å²) in [4.78, 5) is 24.8. The van der Waals surface area contributed by atoms with E-state index < -0.39 is 4.92 Å². The maximum absolute atomic E-state index is 12.4.